The SMILES string of the molecule is Cn1ccc2c(NC(=O)c3cc(-c4ccccc4)n[nH]3)cccc21. The maximum Gasteiger partial charge on any atom is 0.273 e. The van der Waals surface area contributed by atoms with Gasteiger partial charge in [-0.25, -0.2) is 0 Å². The van der Waals surface area contributed by atoms with Crippen LogP contribution in [0.15, 0.2) is 66.9 Å². The van der Waals surface area contributed by atoms with Crippen LogP contribution in [0.3, 0.4) is 0 Å². The van der Waals surface area contributed by atoms with Crippen molar-refractivity contribution in [1.29, 1.82) is 0 Å². The Balaban J connectivity index is 1.61. The van der Waals surface area contributed by atoms with E-state index in [4.69, 9.17) is 0 Å². The van der Waals surface area contributed by atoms with Crippen molar-refractivity contribution in [2.24, 2.45) is 7.05 Å². The smallest absolute Gasteiger partial charge is 0.273 e. The standard InChI is InChI=1S/C19H16N4O/c1-23-11-10-14-15(8-5-9-18(14)23)20-19(24)17-12-16(21-22-17)13-6-3-2-4-7-13/h2-12H,1H3,(H,20,24)(H,21,22). The molecule has 0 atom stereocenters. The number of carbonyl (C=O) groups excluding carboxylic acids is 1. The number of fused-ring (bicyclic) bond motifs is 1. The first-order chi connectivity index (χ1) is 11.7. The van der Waals surface area contributed by atoms with E-state index in [1.165, 1.54) is 0 Å². The number of hydrogen-bond donors (Lipinski definition) is 2. The predicted molar refractivity (Wildman–Crippen MR) is 94.9 cm³/mol. The molecule has 4 rings (SSSR count). The Morgan fingerprint density at radius 2 is 1.92 bits per heavy atom. The number of aryl methyl sites for hydroxylation is 1. The van der Waals surface area contributed by atoms with Crippen LogP contribution in [0, 0.1) is 0 Å². The molecule has 5 heteroatoms. The summed E-state index contributed by atoms with van der Waals surface area (Å²) in [6, 6.07) is 19.4. The quantitative estimate of drug-likeness (QED) is 0.603. The lowest BCUT2D eigenvalue weighted by molar-refractivity contribution is 0.102. The molecule has 5 nitrogen and oxygen atoms in total. The Hall–Kier alpha value is -3.34. The summed E-state index contributed by atoms with van der Waals surface area (Å²) < 4.78 is 2.02. The van der Waals surface area contributed by atoms with Crippen LogP contribution < -0.4 is 5.32 Å². The molecule has 0 aliphatic heterocycles. The first-order valence-corrected chi connectivity index (χ1v) is 7.68. The highest BCUT2D eigenvalue weighted by molar-refractivity contribution is 6.08. The highest BCUT2D eigenvalue weighted by atomic mass is 16.1. The summed E-state index contributed by atoms with van der Waals surface area (Å²) in [6.45, 7) is 0. The van der Waals surface area contributed by atoms with Gasteiger partial charge in [-0.15, -0.1) is 0 Å². The third-order valence-electron chi connectivity index (χ3n) is 4.07. The number of benzene rings is 2. The van der Waals surface area contributed by atoms with E-state index in [2.05, 4.69) is 15.5 Å². The molecule has 24 heavy (non-hydrogen) atoms. The van der Waals surface area contributed by atoms with Gasteiger partial charge < -0.3 is 9.88 Å². The fourth-order valence-electron chi connectivity index (χ4n) is 2.80. The second kappa shape index (κ2) is 5.70. The number of aromatic amines is 1. The lowest BCUT2D eigenvalue weighted by Crippen LogP contribution is -2.12. The van der Waals surface area contributed by atoms with Gasteiger partial charge in [0.05, 0.1) is 11.4 Å². The summed E-state index contributed by atoms with van der Waals surface area (Å²) in [5.74, 6) is -0.207. The minimum Gasteiger partial charge on any atom is -0.350 e. The van der Waals surface area contributed by atoms with Gasteiger partial charge in [-0.3, -0.25) is 9.89 Å². The Labute approximate surface area is 138 Å². The molecule has 0 unspecified atom stereocenters. The normalized spacial score (nSPS) is 10.9. The summed E-state index contributed by atoms with van der Waals surface area (Å²) in [7, 11) is 1.98. The molecule has 0 aliphatic rings. The lowest BCUT2D eigenvalue weighted by Gasteiger charge is -2.05. The van der Waals surface area contributed by atoms with Gasteiger partial charge in [-0.2, -0.15) is 5.10 Å². The van der Waals surface area contributed by atoms with Gasteiger partial charge in [0.1, 0.15) is 5.69 Å². The summed E-state index contributed by atoms with van der Waals surface area (Å²) in [4.78, 5) is 12.5. The van der Waals surface area contributed by atoms with E-state index in [-0.39, 0.29) is 5.91 Å². The Morgan fingerprint density at radius 1 is 1.08 bits per heavy atom. The van der Waals surface area contributed by atoms with Crippen LogP contribution in [-0.2, 0) is 7.05 Å². The lowest BCUT2D eigenvalue weighted by atomic mass is 10.1. The van der Waals surface area contributed by atoms with Gasteiger partial charge in [-0.05, 0) is 24.3 Å². The van der Waals surface area contributed by atoms with Crippen molar-refractivity contribution in [2.75, 3.05) is 5.32 Å². The molecule has 118 valence electrons. The number of H-pyrrole nitrogens is 1. The second-order valence-corrected chi connectivity index (χ2v) is 5.65. The fourth-order valence-corrected chi connectivity index (χ4v) is 2.80. The van der Waals surface area contributed by atoms with Gasteiger partial charge in [0, 0.05) is 29.7 Å². The molecular formula is C19H16N4O. The molecule has 2 heterocycles. The zero-order valence-corrected chi connectivity index (χ0v) is 13.2. The molecule has 0 radical (unpaired) electrons. The first-order valence-electron chi connectivity index (χ1n) is 7.68. The zero-order valence-electron chi connectivity index (χ0n) is 13.2. The largest absolute Gasteiger partial charge is 0.350 e. The Bertz CT molecular complexity index is 1010. The van der Waals surface area contributed by atoms with Crippen molar-refractivity contribution in [1.82, 2.24) is 14.8 Å². The average Bonchev–Trinajstić information content (AvgIpc) is 3.24. The molecular weight excluding hydrogens is 300 g/mol. The van der Waals surface area contributed by atoms with Crippen LogP contribution in [0.2, 0.25) is 0 Å². The molecule has 0 bridgehead atoms. The number of amides is 1. The van der Waals surface area contributed by atoms with Crippen molar-refractivity contribution in [2.45, 2.75) is 0 Å². The summed E-state index contributed by atoms with van der Waals surface area (Å²) in [6.07, 6.45) is 1.98. The average molecular weight is 316 g/mol. The van der Waals surface area contributed by atoms with Gasteiger partial charge >= 0.3 is 0 Å². The van der Waals surface area contributed by atoms with Gasteiger partial charge in [0.15, 0.2) is 0 Å². The Morgan fingerprint density at radius 3 is 2.75 bits per heavy atom. The highest BCUT2D eigenvalue weighted by Gasteiger charge is 2.13. The van der Waals surface area contributed by atoms with Gasteiger partial charge in [0.25, 0.3) is 5.91 Å². The molecule has 0 saturated carbocycles. The van der Waals surface area contributed by atoms with Crippen LogP contribution >= 0.6 is 0 Å². The third-order valence-corrected chi connectivity index (χ3v) is 4.07. The van der Waals surface area contributed by atoms with E-state index in [1.54, 1.807) is 6.07 Å². The number of aromatic nitrogens is 3. The number of rotatable bonds is 3. The summed E-state index contributed by atoms with van der Waals surface area (Å²) >= 11 is 0. The molecule has 2 aromatic carbocycles. The minimum absolute atomic E-state index is 0.207. The number of anilines is 1. The van der Waals surface area contributed by atoms with Crippen LogP contribution in [0.25, 0.3) is 22.2 Å². The molecule has 0 spiro atoms. The molecule has 4 aromatic rings. The first kappa shape index (κ1) is 14.3. The highest BCUT2D eigenvalue weighted by Crippen LogP contribution is 2.24. The number of hydrogen-bond acceptors (Lipinski definition) is 2. The molecule has 0 saturated heterocycles. The fraction of sp³-hybridized carbons (Fsp3) is 0.0526. The van der Waals surface area contributed by atoms with Crippen LogP contribution in [-0.4, -0.2) is 20.7 Å². The van der Waals surface area contributed by atoms with Crippen LogP contribution in [0.5, 0.6) is 0 Å². The topological polar surface area (TPSA) is 62.7 Å². The van der Waals surface area contributed by atoms with Crippen molar-refractivity contribution in [3.63, 3.8) is 0 Å². The van der Waals surface area contributed by atoms with E-state index in [9.17, 15) is 4.79 Å². The maximum atomic E-state index is 12.5. The zero-order chi connectivity index (χ0) is 16.5. The summed E-state index contributed by atoms with van der Waals surface area (Å²) in [5, 5.41) is 11.0. The predicted octanol–water partition coefficient (Wildman–Crippen LogP) is 3.82. The van der Waals surface area contributed by atoms with E-state index >= 15 is 0 Å². The molecule has 1 amide bonds. The van der Waals surface area contributed by atoms with Gasteiger partial charge in [0.2, 0.25) is 0 Å². The Kier molecular flexibility index (Phi) is 3.39. The van der Waals surface area contributed by atoms with E-state index in [1.807, 2.05) is 72.4 Å². The van der Waals surface area contributed by atoms with E-state index < -0.39 is 0 Å². The minimum atomic E-state index is -0.207. The van der Waals surface area contributed by atoms with Crippen molar-refractivity contribution < 1.29 is 4.79 Å². The number of carbonyl (C=O) groups is 1. The molecule has 0 fully saturated rings. The molecule has 0 aliphatic carbocycles. The summed E-state index contributed by atoms with van der Waals surface area (Å²) in [5.41, 5.74) is 4.01. The van der Waals surface area contributed by atoms with Crippen molar-refractivity contribution >= 4 is 22.5 Å². The monoisotopic (exact) mass is 316 g/mol. The molecule has 2 N–H and O–H groups in total. The van der Waals surface area contributed by atoms with E-state index in [0.717, 1.165) is 27.8 Å². The number of nitrogens with zero attached hydrogens (tertiary/aromatic N) is 2. The van der Waals surface area contributed by atoms with E-state index in [0.29, 0.717) is 5.69 Å². The van der Waals surface area contributed by atoms with Crippen LogP contribution in [0.1, 0.15) is 10.5 Å². The third kappa shape index (κ3) is 2.46. The van der Waals surface area contributed by atoms with Crippen LogP contribution in [0.4, 0.5) is 5.69 Å². The number of nitrogens with one attached hydrogen (secondary N) is 2. The van der Waals surface area contributed by atoms with Crippen molar-refractivity contribution in [3.05, 3.63) is 72.6 Å². The van der Waals surface area contributed by atoms with Crippen molar-refractivity contribution in [3.8, 4) is 11.3 Å². The molecule has 2 aromatic heterocycles. The van der Waals surface area contributed by atoms with Gasteiger partial charge in [-0.1, -0.05) is 36.4 Å². The second-order valence-electron chi connectivity index (χ2n) is 5.65. The maximum absolute atomic E-state index is 12.5.